The average molecular weight is 299 g/mol. The van der Waals surface area contributed by atoms with Gasteiger partial charge in [-0.25, -0.2) is 14.6 Å². The monoisotopic (exact) mass is 299 g/mol. The first kappa shape index (κ1) is 13.8. The molecule has 0 unspecified atom stereocenters. The Morgan fingerprint density at radius 2 is 2.05 bits per heavy atom. The standard InChI is InChI=1S/C12H12F3N5O/c13-12(14,15)8-1-2-10(16-5-8)19-3-4-20-11(6-19)17-9(7-21)18-20/h1-2,5,21H,3-4,6-7H2. The van der Waals surface area contributed by atoms with Gasteiger partial charge in [0, 0.05) is 12.7 Å². The van der Waals surface area contributed by atoms with Gasteiger partial charge in [-0.05, 0) is 12.1 Å². The van der Waals surface area contributed by atoms with Gasteiger partial charge in [-0.15, -0.1) is 0 Å². The van der Waals surface area contributed by atoms with Crippen LogP contribution in [0.4, 0.5) is 19.0 Å². The Labute approximate surface area is 117 Å². The van der Waals surface area contributed by atoms with E-state index in [1.807, 2.05) is 4.90 Å². The second-order valence-corrected chi connectivity index (χ2v) is 4.65. The van der Waals surface area contributed by atoms with Crippen LogP contribution < -0.4 is 4.90 Å². The molecular weight excluding hydrogens is 287 g/mol. The van der Waals surface area contributed by atoms with Crippen LogP contribution in [0.2, 0.25) is 0 Å². The molecule has 1 aliphatic rings. The Bertz CT molecular complexity index is 637. The summed E-state index contributed by atoms with van der Waals surface area (Å²) in [6.45, 7) is 1.27. The normalized spacial score (nSPS) is 15.1. The van der Waals surface area contributed by atoms with Gasteiger partial charge >= 0.3 is 6.18 Å². The zero-order valence-corrected chi connectivity index (χ0v) is 10.9. The van der Waals surface area contributed by atoms with Crippen molar-refractivity contribution >= 4 is 5.82 Å². The van der Waals surface area contributed by atoms with E-state index in [0.29, 0.717) is 37.1 Å². The summed E-state index contributed by atoms with van der Waals surface area (Å²) in [5.41, 5.74) is -0.769. The third-order valence-corrected chi connectivity index (χ3v) is 3.25. The molecule has 3 rings (SSSR count). The molecule has 0 aromatic carbocycles. The van der Waals surface area contributed by atoms with E-state index in [1.165, 1.54) is 6.07 Å². The zero-order valence-electron chi connectivity index (χ0n) is 10.9. The van der Waals surface area contributed by atoms with Gasteiger partial charge < -0.3 is 10.0 Å². The van der Waals surface area contributed by atoms with E-state index >= 15 is 0 Å². The van der Waals surface area contributed by atoms with Crippen molar-refractivity contribution in [2.75, 3.05) is 11.4 Å². The van der Waals surface area contributed by atoms with E-state index in [0.717, 1.165) is 12.3 Å². The minimum atomic E-state index is -4.39. The molecule has 0 saturated carbocycles. The Hall–Kier alpha value is -2.16. The molecule has 0 atom stereocenters. The van der Waals surface area contributed by atoms with E-state index in [2.05, 4.69) is 15.1 Å². The third-order valence-electron chi connectivity index (χ3n) is 3.25. The summed E-state index contributed by atoms with van der Waals surface area (Å²) in [6, 6.07) is 2.36. The first-order valence-electron chi connectivity index (χ1n) is 6.29. The molecule has 0 aliphatic carbocycles. The number of nitrogens with zero attached hydrogens (tertiary/aromatic N) is 5. The summed E-state index contributed by atoms with van der Waals surface area (Å²) in [5.74, 6) is 1.46. The number of alkyl halides is 3. The highest BCUT2D eigenvalue weighted by atomic mass is 19.4. The lowest BCUT2D eigenvalue weighted by Crippen LogP contribution is -2.34. The number of hydrogen-bond acceptors (Lipinski definition) is 5. The molecule has 0 amide bonds. The molecule has 3 heterocycles. The van der Waals surface area contributed by atoms with Crippen LogP contribution in [-0.4, -0.2) is 31.4 Å². The van der Waals surface area contributed by atoms with Crippen LogP contribution in [0.25, 0.3) is 0 Å². The summed E-state index contributed by atoms with van der Waals surface area (Å²) in [7, 11) is 0. The fraction of sp³-hybridized carbons (Fsp3) is 0.417. The zero-order chi connectivity index (χ0) is 15.0. The number of hydrogen-bond donors (Lipinski definition) is 1. The first-order chi connectivity index (χ1) is 9.97. The molecule has 21 heavy (non-hydrogen) atoms. The molecule has 1 N–H and O–H groups in total. The Balaban J connectivity index is 1.79. The highest BCUT2D eigenvalue weighted by Crippen LogP contribution is 2.29. The lowest BCUT2D eigenvalue weighted by molar-refractivity contribution is -0.137. The molecule has 0 fully saturated rings. The number of aromatic nitrogens is 4. The van der Waals surface area contributed by atoms with Gasteiger partial charge in [0.05, 0.1) is 18.7 Å². The molecule has 6 nitrogen and oxygen atoms in total. The molecule has 0 saturated heterocycles. The minimum absolute atomic E-state index is 0.238. The smallest absolute Gasteiger partial charge is 0.388 e. The van der Waals surface area contributed by atoms with Crippen LogP contribution in [0.1, 0.15) is 17.2 Å². The fourth-order valence-corrected chi connectivity index (χ4v) is 2.19. The number of pyridine rings is 1. The molecule has 9 heteroatoms. The van der Waals surface area contributed by atoms with E-state index < -0.39 is 11.7 Å². The lowest BCUT2D eigenvalue weighted by atomic mass is 10.2. The number of fused-ring (bicyclic) bond motifs is 1. The van der Waals surface area contributed by atoms with Crippen LogP contribution in [0.15, 0.2) is 18.3 Å². The maximum atomic E-state index is 12.5. The summed E-state index contributed by atoms with van der Waals surface area (Å²) in [6.07, 6.45) is -3.56. The van der Waals surface area contributed by atoms with E-state index in [1.54, 1.807) is 4.68 Å². The van der Waals surface area contributed by atoms with Gasteiger partial charge in [0.2, 0.25) is 0 Å². The van der Waals surface area contributed by atoms with Crippen LogP contribution in [0.3, 0.4) is 0 Å². The van der Waals surface area contributed by atoms with Gasteiger partial charge in [0.1, 0.15) is 18.2 Å². The number of halogens is 3. The summed E-state index contributed by atoms with van der Waals surface area (Å²) >= 11 is 0. The summed E-state index contributed by atoms with van der Waals surface area (Å²) < 4.78 is 39.2. The Kier molecular flexibility index (Phi) is 3.28. The number of aliphatic hydroxyl groups excluding tert-OH is 1. The third kappa shape index (κ3) is 2.68. The largest absolute Gasteiger partial charge is 0.417 e. The highest BCUT2D eigenvalue weighted by Gasteiger charge is 2.31. The maximum Gasteiger partial charge on any atom is 0.417 e. The van der Waals surface area contributed by atoms with Crippen LogP contribution >= 0.6 is 0 Å². The highest BCUT2D eigenvalue weighted by molar-refractivity contribution is 5.40. The summed E-state index contributed by atoms with van der Waals surface area (Å²) in [5, 5.41) is 13.1. The Morgan fingerprint density at radius 3 is 2.67 bits per heavy atom. The summed E-state index contributed by atoms with van der Waals surface area (Å²) in [4.78, 5) is 9.85. The van der Waals surface area contributed by atoms with Gasteiger partial charge in [-0.3, -0.25) is 0 Å². The maximum absolute atomic E-state index is 12.5. The SMILES string of the molecule is OCc1nc2n(n1)CCN(c1ccc(C(F)(F)F)cn1)C2. The fourth-order valence-electron chi connectivity index (χ4n) is 2.19. The van der Waals surface area contributed by atoms with E-state index in [4.69, 9.17) is 5.11 Å². The Morgan fingerprint density at radius 1 is 1.24 bits per heavy atom. The molecular formula is C12H12F3N5O. The molecule has 0 radical (unpaired) electrons. The number of rotatable bonds is 2. The number of anilines is 1. The van der Waals surface area contributed by atoms with Crippen molar-refractivity contribution in [1.82, 2.24) is 19.7 Å². The van der Waals surface area contributed by atoms with E-state index in [-0.39, 0.29) is 6.61 Å². The molecule has 0 spiro atoms. The lowest BCUT2D eigenvalue weighted by Gasteiger charge is -2.27. The van der Waals surface area contributed by atoms with Crippen LogP contribution in [0, 0.1) is 0 Å². The van der Waals surface area contributed by atoms with Crippen molar-refractivity contribution in [3.05, 3.63) is 35.5 Å². The average Bonchev–Trinajstić information content (AvgIpc) is 2.88. The van der Waals surface area contributed by atoms with Crippen molar-refractivity contribution < 1.29 is 18.3 Å². The van der Waals surface area contributed by atoms with Crippen molar-refractivity contribution in [3.8, 4) is 0 Å². The second kappa shape index (κ2) is 4.99. The quantitative estimate of drug-likeness (QED) is 0.902. The molecule has 112 valence electrons. The predicted octanol–water partition coefficient (Wildman–Crippen LogP) is 1.20. The van der Waals surface area contributed by atoms with Gasteiger partial charge in [0.15, 0.2) is 5.82 Å². The minimum Gasteiger partial charge on any atom is -0.388 e. The number of aliphatic hydroxyl groups is 1. The molecule has 0 bridgehead atoms. The topological polar surface area (TPSA) is 67.1 Å². The van der Waals surface area contributed by atoms with Gasteiger partial charge in [-0.1, -0.05) is 0 Å². The van der Waals surface area contributed by atoms with E-state index in [9.17, 15) is 13.2 Å². The van der Waals surface area contributed by atoms with Gasteiger partial charge in [0.25, 0.3) is 0 Å². The second-order valence-electron chi connectivity index (χ2n) is 4.65. The molecule has 2 aromatic heterocycles. The van der Waals surface area contributed by atoms with Crippen LogP contribution in [0.5, 0.6) is 0 Å². The van der Waals surface area contributed by atoms with Crippen molar-refractivity contribution in [2.45, 2.75) is 25.9 Å². The predicted molar refractivity (Wildman–Crippen MR) is 66.2 cm³/mol. The van der Waals surface area contributed by atoms with Crippen LogP contribution in [-0.2, 0) is 25.9 Å². The molecule has 2 aromatic rings. The van der Waals surface area contributed by atoms with Crippen molar-refractivity contribution in [3.63, 3.8) is 0 Å². The van der Waals surface area contributed by atoms with Gasteiger partial charge in [-0.2, -0.15) is 18.3 Å². The first-order valence-corrected chi connectivity index (χ1v) is 6.29. The molecule has 1 aliphatic heterocycles. The van der Waals surface area contributed by atoms with Crippen molar-refractivity contribution in [2.24, 2.45) is 0 Å². The van der Waals surface area contributed by atoms with Crippen molar-refractivity contribution in [1.29, 1.82) is 0 Å².